The number of hydrogen-bond donors (Lipinski definition) is 6. The fraction of sp³-hybridized carbons (Fsp3) is 0.882. The van der Waals surface area contributed by atoms with Crippen LogP contribution in [0.2, 0.25) is 0 Å². The van der Waals surface area contributed by atoms with Crippen LogP contribution in [0.5, 0.6) is 0 Å². The second-order valence-corrected chi connectivity index (χ2v) is 14.8. The summed E-state index contributed by atoms with van der Waals surface area (Å²) < 4.78 is 19.9. The molecule has 11 heteroatoms. The number of Topliss-reactive ketones (excluding diaryl/α,β-unsaturated/α-hetero) is 1. The van der Waals surface area contributed by atoms with Gasteiger partial charge in [-0.1, -0.05) is 12.5 Å². The standard InChI is InChI=1S/C34H57N3O8/c1-4-20(17-36-5-2)33(42)44-26-15-24-30(41)29-25(40)14-23(18-38)43-32(29)28(21-7-6-8-22(39)13-21)31(24)45-34(26,3)12-11-19-9-10-27(35)37-16-19/h4,19,21-24,26-32,36-39,41H,5-18,35H2,1-3H3/p+2. The molecule has 3 saturated heterocycles. The number of carbonyl (C=O) groups is 2. The van der Waals surface area contributed by atoms with E-state index in [0.717, 1.165) is 51.6 Å². The molecule has 0 radical (unpaired) electrons. The highest BCUT2D eigenvalue weighted by molar-refractivity contribution is 5.88. The summed E-state index contributed by atoms with van der Waals surface area (Å²) in [4.78, 5) is 27.1. The van der Waals surface area contributed by atoms with Gasteiger partial charge in [-0.3, -0.25) is 10.5 Å². The van der Waals surface area contributed by atoms with E-state index in [4.69, 9.17) is 19.9 Å². The lowest BCUT2D eigenvalue weighted by Gasteiger charge is -2.59. The summed E-state index contributed by atoms with van der Waals surface area (Å²) in [6, 6.07) is 0. The molecule has 3 aliphatic heterocycles. The predicted octanol–water partition coefficient (Wildman–Crippen LogP) is -0.493. The zero-order chi connectivity index (χ0) is 32.3. The van der Waals surface area contributed by atoms with E-state index >= 15 is 0 Å². The Hall–Kier alpha value is -1.44. The van der Waals surface area contributed by atoms with E-state index in [2.05, 4.69) is 10.6 Å². The lowest BCUT2D eigenvalue weighted by atomic mass is 9.58. The lowest BCUT2D eigenvalue weighted by molar-refractivity contribution is -0.703. The van der Waals surface area contributed by atoms with Crippen molar-refractivity contribution < 1.29 is 49.8 Å². The highest BCUT2D eigenvalue weighted by Gasteiger charge is 2.62. The van der Waals surface area contributed by atoms with Crippen LogP contribution in [0.4, 0.5) is 0 Å². The molecule has 2 aliphatic carbocycles. The van der Waals surface area contributed by atoms with Crippen LogP contribution in [0.25, 0.3) is 0 Å². The third kappa shape index (κ3) is 7.67. The average molecular weight is 638 g/mol. The van der Waals surface area contributed by atoms with E-state index < -0.39 is 54.1 Å². The number of rotatable bonds is 10. The average Bonchev–Trinajstić information content (AvgIpc) is 3.02. The molecule has 5 aliphatic rings. The van der Waals surface area contributed by atoms with Crippen molar-refractivity contribution in [2.75, 3.05) is 26.2 Å². The van der Waals surface area contributed by atoms with Gasteiger partial charge in [0, 0.05) is 30.6 Å². The summed E-state index contributed by atoms with van der Waals surface area (Å²) in [5.41, 5.74) is 5.92. The second-order valence-electron chi connectivity index (χ2n) is 14.8. The second kappa shape index (κ2) is 15.2. The fourth-order valence-electron chi connectivity index (χ4n) is 9.06. The lowest BCUT2D eigenvalue weighted by Crippen LogP contribution is -2.95. The van der Waals surface area contributed by atoms with E-state index in [0.29, 0.717) is 37.3 Å². The summed E-state index contributed by atoms with van der Waals surface area (Å²) in [5.74, 6) is -1.36. The molecule has 3 heterocycles. The number of carbonyl (C=O) groups excluding carboxylic acids is 2. The summed E-state index contributed by atoms with van der Waals surface area (Å²) >= 11 is 0. The van der Waals surface area contributed by atoms with Crippen LogP contribution in [0, 0.1) is 29.6 Å². The van der Waals surface area contributed by atoms with Crippen molar-refractivity contribution in [2.45, 2.75) is 133 Å². The first-order valence-electron chi connectivity index (χ1n) is 17.7. The number of fused-ring (bicyclic) bond motifs is 2. The summed E-state index contributed by atoms with van der Waals surface area (Å²) in [7, 11) is 0. The first kappa shape index (κ1) is 34.9. The SMILES string of the molecule is CC=C(C[NH2+]CC)C(=O)OC1CC2C(O)C3C(=O)CC(CO)OC3C(C3CCCC(O)C3)C2OC1(C)CCC1CCC(N)[NH2+]C1. The molecular formula is C34H59N3O8+2. The number of ketones is 1. The molecule has 2 saturated carbocycles. The molecule has 45 heavy (non-hydrogen) atoms. The molecule has 11 nitrogen and oxygen atoms in total. The molecule has 0 bridgehead atoms. The van der Waals surface area contributed by atoms with Crippen LogP contribution in [-0.4, -0.2) is 102 Å². The Kier molecular flexibility index (Phi) is 11.8. The number of likely N-dealkylation sites (N-methyl/N-ethyl adjacent to an activating group) is 1. The van der Waals surface area contributed by atoms with Crippen LogP contribution < -0.4 is 16.4 Å². The van der Waals surface area contributed by atoms with Crippen molar-refractivity contribution in [3.63, 3.8) is 0 Å². The highest BCUT2D eigenvalue weighted by Crippen LogP contribution is 2.53. The molecular weight excluding hydrogens is 578 g/mol. The topological polar surface area (TPSA) is 182 Å². The van der Waals surface area contributed by atoms with E-state index in [1.807, 2.05) is 20.8 Å². The molecule has 9 N–H and O–H groups in total. The Morgan fingerprint density at radius 2 is 2.00 bits per heavy atom. The van der Waals surface area contributed by atoms with Crippen molar-refractivity contribution in [3.8, 4) is 0 Å². The van der Waals surface area contributed by atoms with Gasteiger partial charge in [0.25, 0.3) is 0 Å². The summed E-state index contributed by atoms with van der Waals surface area (Å²) in [5, 5.41) is 36.8. The summed E-state index contributed by atoms with van der Waals surface area (Å²) in [6.07, 6.45) is 5.33. The molecule has 0 spiro atoms. The Balaban J connectivity index is 1.47. The Labute approximate surface area is 268 Å². The third-order valence-electron chi connectivity index (χ3n) is 11.7. The largest absolute Gasteiger partial charge is 0.456 e. The number of hydrogen-bond acceptors (Lipinski definition) is 9. The van der Waals surface area contributed by atoms with Gasteiger partial charge in [-0.2, -0.15) is 0 Å². The van der Waals surface area contributed by atoms with Crippen LogP contribution in [0.1, 0.15) is 85.0 Å². The van der Waals surface area contributed by atoms with Crippen molar-refractivity contribution in [2.24, 2.45) is 35.3 Å². The van der Waals surface area contributed by atoms with E-state index in [-0.39, 0.29) is 42.8 Å². The van der Waals surface area contributed by atoms with Gasteiger partial charge in [0.2, 0.25) is 0 Å². The van der Waals surface area contributed by atoms with Crippen molar-refractivity contribution in [1.29, 1.82) is 0 Å². The Morgan fingerprint density at radius 1 is 1.20 bits per heavy atom. The minimum Gasteiger partial charge on any atom is -0.456 e. The van der Waals surface area contributed by atoms with E-state index in [1.54, 1.807) is 6.08 Å². The quantitative estimate of drug-likeness (QED) is 0.136. The predicted molar refractivity (Wildman–Crippen MR) is 165 cm³/mol. The van der Waals surface area contributed by atoms with Crippen LogP contribution >= 0.6 is 0 Å². The number of allylic oxidation sites excluding steroid dienone is 1. The number of piperidine rings is 1. The molecule has 5 fully saturated rings. The van der Waals surface area contributed by atoms with E-state index in [9.17, 15) is 24.9 Å². The summed E-state index contributed by atoms with van der Waals surface area (Å²) in [6.45, 7) is 7.99. The van der Waals surface area contributed by atoms with Crippen LogP contribution in [0.15, 0.2) is 11.6 Å². The van der Waals surface area contributed by atoms with E-state index in [1.165, 1.54) is 0 Å². The zero-order valence-corrected chi connectivity index (χ0v) is 27.5. The molecule has 0 aromatic rings. The van der Waals surface area contributed by atoms with Crippen molar-refractivity contribution in [3.05, 3.63) is 11.6 Å². The normalized spacial score (nSPS) is 44.2. The Morgan fingerprint density at radius 3 is 2.67 bits per heavy atom. The molecule has 0 amide bonds. The van der Waals surface area contributed by atoms with Gasteiger partial charge in [-0.15, -0.1) is 0 Å². The maximum absolute atomic E-state index is 13.5. The molecule has 5 rings (SSSR count). The van der Waals surface area contributed by atoms with Crippen LogP contribution in [0.3, 0.4) is 0 Å². The maximum atomic E-state index is 13.5. The van der Waals surface area contributed by atoms with Gasteiger partial charge >= 0.3 is 5.97 Å². The number of aliphatic hydroxyl groups excluding tert-OH is 3. The molecule has 256 valence electrons. The Bertz CT molecular complexity index is 1050. The maximum Gasteiger partial charge on any atom is 0.339 e. The number of aliphatic hydroxyl groups is 3. The molecule has 0 aromatic heterocycles. The minimum atomic E-state index is -1.02. The first-order valence-corrected chi connectivity index (χ1v) is 17.7. The monoisotopic (exact) mass is 637 g/mol. The van der Waals surface area contributed by atoms with Gasteiger partial charge in [0.05, 0.1) is 61.7 Å². The highest BCUT2D eigenvalue weighted by atomic mass is 16.6. The molecule has 13 unspecified atom stereocenters. The van der Waals surface area contributed by atoms with Crippen LogP contribution in [-0.2, 0) is 23.8 Å². The molecule has 13 atom stereocenters. The van der Waals surface area contributed by atoms with Gasteiger partial charge < -0.3 is 40.2 Å². The number of nitrogens with two attached hydrogens (primary N) is 3. The molecule has 0 aromatic carbocycles. The number of quaternary nitrogens is 2. The van der Waals surface area contributed by atoms with Crippen molar-refractivity contribution in [1.82, 2.24) is 0 Å². The van der Waals surface area contributed by atoms with Crippen molar-refractivity contribution >= 4 is 11.8 Å². The fourth-order valence-corrected chi connectivity index (χ4v) is 9.06. The first-order chi connectivity index (χ1) is 21.6. The number of esters is 1. The van der Waals surface area contributed by atoms with Gasteiger partial charge in [-0.05, 0) is 71.6 Å². The number of ether oxygens (including phenoxy) is 3. The van der Waals surface area contributed by atoms with Gasteiger partial charge in [0.1, 0.15) is 30.2 Å². The smallest absolute Gasteiger partial charge is 0.339 e. The third-order valence-corrected chi connectivity index (χ3v) is 11.7. The van der Waals surface area contributed by atoms with Gasteiger partial charge in [0.15, 0.2) is 0 Å². The minimum absolute atomic E-state index is 0.0449. The zero-order valence-electron chi connectivity index (χ0n) is 27.5. The van der Waals surface area contributed by atoms with Gasteiger partial charge in [-0.25, -0.2) is 4.79 Å².